The second-order valence-electron chi connectivity index (χ2n) is 4.39. The van der Waals surface area contributed by atoms with Gasteiger partial charge in [-0.15, -0.1) is 0 Å². The molecule has 7 heteroatoms. The average Bonchev–Trinajstić information content (AvgIpc) is 2.60. The third-order valence-corrected chi connectivity index (χ3v) is 3.18. The first-order valence-electron chi connectivity index (χ1n) is 6.01. The van der Waals surface area contributed by atoms with Crippen LogP contribution in [0.4, 0.5) is 14.5 Å². The molecular formula is C14H12ClF2N3O. The van der Waals surface area contributed by atoms with Gasteiger partial charge in [0.05, 0.1) is 5.69 Å². The highest BCUT2D eigenvalue weighted by Crippen LogP contribution is 2.20. The molecule has 2 rings (SSSR count). The van der Waals surface area contributed by atoms with E-state index in [4.69, 9.17) is 11.6 Å². The lowest BCUT2D eigenvalue weighted by atomic mass is 10.2. The Bertz CT molecular complexity index is 705. The number of hydrogen-bond donors (Lipinski definition) is 1. The third kappa shape index (κ3) is 3.66. The smallest absolute Gasteiger partial charge is 0.248 e. The van der Waals surface area contributed by atoms with Crippen molar-refractivity contribution in [3.05, 3.63) is 52.3 Å². The fourth-order valence-corrected chi connectivity index (χ4v) is 2.04. The van der Waals surface area contributed by atoms with Gasteiger partial charge in [-0.25, -0.2) is 8.78 Å². The molecule has 0 aliphatic carbocycles. The highest BCUT2D eigenvalue weighted by Gasteiger charge is 2.09. The molecule has 0 aliphatic heterocycles. The minimum atomic E-state index is -0.763. The number of carbonyl (C=O) groups is 1. The van der Waals surface area contributed by atoms with Crippen molar-refractivity contribution in [2.75, 3.05) is 5.32 Å². The maximum atomic E-state index is 13.0. The SMILES string of the molecule is Cc1nn(C)c(Cl)c1/C=C/C(=O)Nc1cc(F)cc(F)c1. The minimum Gasteiger partial charge on any atom is -0.322 e. The van der Waals surface area contributed by atoms with Crippen LogP contribution < -0.4 is 5.32 Å². The number of rotatable bonds is 3. The van der Waals surface area contributed by atoms with E-state index in [9.17, 15) is 13.6 Å². The van der Waals surface area contributed by atoms with Crippen molar-refractivity contribution in [2.45, 2.75) is 6.92 Å². The van der Waals surface area contributed by atoms with Crippen LogP contribution in [0.25, 0.3) is 6.08 Å². The molecule has 0 atom stereocenters. The van der Waals surface area contributed by atoms with Gasteiger partial charge in [0.25, 0.3) is 0 Å². The molecule has 0 aliphatic rings. The highest BCUT2D eigenvalue weighted by atomic mass is 35.5. The number of aryl methyl sites for hydroxylation is 2. The van der Waals surface area contributed by atoms with Gasteiger partial charge >= 0.3 is 0 Å². The lowest BCUT2D eigenvalue weighted by molar-refractivity contribution is -0.111. The minimum absolute atomic E-state index is 0.0381. The predicted octanol–water partition coefficient (Wildman–Crippen LogP) is 3.31. The van der Waals surface area contributed by atoms with Crippen molar-refractivity contribution >= 4 is 29.3 Å². The summed E-state index contributed by atoms with van der Waals surface area (Å²) in [6, 6.07) is 2.78. The van der Waals surface area contributed by atoms with Gasteiger partial charge in [-0.3, -0.25) is 9.48 Å². The summed E-state index contributed by atoms with van der Waals surface area (Å²) in [6.45, 7) is 1.76. The highest BCUT2D eigenvalue weighted by molar-refractivity contribution is 6.31. The molecule has 1 aromatic heterocycles. The van der Waals surface area contributed by atoms with Crippen LogP contribution in [0.2, 0.25) is 5.15 Å². The summed E-state index contributed by atoms with van der Waals surface area (Å²) in [7, 11) is 1.68. The summed E-state index contributed by atoms with van der Waals surface area (Å²) in [5.41, 5.74) is 1.32. The Balaban J connectivity index is 2.12. The van der Waals surface area contributed by atoms with E-state index in [-0.39, 0.29) is 5.69 Å². The fraction of sp³-hybridized carbons (Fsp3) is 0.143. The maximum Gasteiger partial charge on any atom is 0.248 e. The molecule has 0 unspecified atom stereocenters. The largest absolute Gasteiger partial charge is 0.322 e. The molecule has 21 heavy (non-hydrogen) atoms. The molecule has 1 N–H and O–H groups in total. The Morgan fingerprint density at radius 1 is 1.33 bits per heavy atom. The van der Waals surface area contributed by atoms with Gasteiger partial charge in [0.2, 0.25) is 5.91 Å². The second kappa shape index (κ2) is 6.05. The number of aromatic nitrogens is 2. The van der Waals surface area contributed by atoms with E-state index < -0.39 is 17.5 Å². The number of amides is 1. The Kier molecular flexibility index (Phi) is 4.37. The van der Waals surface area contributed by atoms with Gasteiger partial charge in [0.1, 0.15) is 16.8 Å². The van der Waals surface area contributed by atoms with E-state index in [1.807, 2.05) is 0 Å². The number of nitrogens with one attached hydrogen (secondary N) is 1. The van der Waals surface area contributed by atoms with Crippen LogP contribution >= 0.6 is 11.6 Å². The number of nitrogens with zero attached hydrogens (tertiary/aromatic N) is 2. The summed E-state index contributed by atoms with van der Waals surface area (Å²) in [4.78, 5) is 11.7. The summed E-state index contributed by atoms with van der Waals surface area (Å²) in [6.07, 6.45) is 2.72. The molecular weight excluding hydrogens is 300 g/mol. The Labute approximate surface area is 125 Å². The zero-order valence-electron chi connectivity index (χ0n) is 11.3. The number of anilines is 1. The first kappa shape index (κ1) is 15.2. The van der Waals surface area contributed by atoms with Crippen molar-refractivity contribution in [2.24, 2.45) is 7.05 Å². The molecule has 1 aromatic carbocycles. The van der Waals surface area contributed by atoms with Crippen molar-refractivity contribution in [1.29, 1.82) is 0 Å². The molecule has 4 nitrogen and oxygen atoms in total. The van der Waals surface area contributed by atoms with Crippen LogP contribution in [0.15, 0.2) is 24.3 Å². The summed E-state index contributed by atoms with van der Waals surface area (Å²) < 4.78 is 27.5. The van der Waals surface area contributed by atoms with E-state index in [1.165, 1.54) is 16.8 Å². The second-order valence-corrected chi connectivity index (χ2v) is 4.75. The van der Waals surface area contributed by atoms with Gasteiger partial charge in [0.15, 0.2) is 0 Å². The average molecular weight is 312 g/mol. The predicted molar refractivity (Wildman–Crippen MR) is 77.0 cm³/mol. The molecule has 110 valence electrons. The molecule has 0 radical (unpaired) electrons. The van der Waals surface area contributed by atoms with Gasteiger partial charge in [-0.2, -0.15) is 5.10 Å². The van der Waals surface area contributed by atoms with Crippen molar-refractivity contribution in [3.63, 3.8) is 0 Å². The molecule has 0 bridgehead atoms. The van der Waals surface area contributed by atoms with Crippen molar-refractivity contribution < 1.29 is 13.6 Å². The Morgan fingerprint density at radius 3 is 2.48 bits per heavy atom. The molecule has 0 spiro atoms. The molecule has 1 heterocycles. The standard InChI is InChI=1S/C14H12ClF2N3O/c1-8-12(14(15)20(2)19-8)3-4-13(21)18-11-6-9(16)5-10(17)7-11/h3-7H,1-2H3,(H,18,21)/b4-3+. The van der Waals surface area contributed by atoms with E-state index in [1.54, 1.807) is 14.0 Å². The third-order valence-electron chi connectivity index (χ3n) is 2.73. The van der Waals surface area contributed by atoms with Crippen LogP contribution in [-0.2, 0) is 11.8 Å². The van der Waals surface area contributed by atoms with E-state index in [2.05, 4.69) is 10.4 Å². The van der Waals surface area contributed by atoms with Gasteiger partial charge < -0.3 is 5.32 Å². The summed E-state index contributed by atoms with van der Waals surface area (Å²) >= 11 is 6.02. The van der Waals surface area contributed by atoms with Gasteiger partial charge in [0, 0.05) is 30.4 Å². The van der Waals surface area contributed by atoms with Crippen LogP contribution in [0.5, 0.6) is 0 Å². The van der Waals surface area contributed by atoms with Crippen LogP contribution in [0.1, 0.15) is 11.3 Å². The topological polar surface area (TPSA) is 46.9 Å². The summed E-state index contributed by atoms with van der Waals surface area (Å²) in [5.74, 6) is -2.06. The van der Waals surface area contributed by atoms with Crippen LogP contribution in [0.3, 0.4) is 0 Å². The van der Waals surface area contributed by atoms with Crippen molar-refractivity contribution in [1.82, 2.24) is 9.78 Å². The monoisotopic (exact) mass is 311 g/mol. The lowest BCUT2D eigenvalue weighted by Gasteiger charge is -2.02. The normalized spacial score (nSPS) is 11.1. The number of carbonyl (C=O) groups excluding carboxylic acids is 1. The van der Waals surface area contributed by atoms with Gasteiger partial charge in [-0.1, -0.05) is 11.6 Å². The lowest BCUT2D eigenvalue weighted by Crippen LogP contribution is -2.08. The van der Waals surface area contributed by atoms with Gasteiger partial charge in [-0.05, 0) is 25.1 Å². The molecule has 2 aromatic rings. The van der Waals surface area contributed by atoms with E-state index in [0.717, 1.165) is 18.2 Å². The quantitative estimate of drug-likeness (QED) is 0.884. The van der Waals surface area contributed by atoms with Crippen LogP contribution in [0, 0.1) is 18.6 Å². The van der Waals surface area contributed by atoms with Crippen molar-refractivity contribution in [3.8, 4) is 0 Å². The number of halogens is 3. The maximum absolute atomic E-state index is 13.0. The molecule has 0 saturated carbocycles. The van der Waals surface area contributed by atoms with E-state index in [0.29, 0.717) is 16.4 Å². The Hall–Kier alpha value is -2.21. The number of hydrogen-bond acceptors (Lipinski definition) is 2. The molecule has 1 amide bonds. The first-order valence-corrected chi connectivity index (χ1v) is 6.39. The summed E-state index contributed by atoms with van der Waals surface area (Å²) in [5, 5.41) is 6.86. The number of benzene rings is 1. The fourth-order valence-electron chi connectivity index (χ4n) is 1.80. The zero-order valence-corrected chi connectivity index (χ0v) is 12.1. The Morgan fingerprint density at radius 2 is 1.95 bits per heavy atom. The molecule has 0 fully saturated rings. The molecule has 0 saturated heterocycles. The zero-order chi connectivity index (χ0) is 15.6. The van der Waals surface area contributed by atoms with Crippen LogP contribution in [-0.4, -0.2) is 15.7 Å². The first-order chi connectivity index (χ1) is 9.86. The van der Waals surface area contributed by atoms with E-state index >= 15 is 0 Å².